The van der Waals surface area contributed by atoms with Gasteiger partial charge in [0.2, 0.25) is 5.91 Å². The molecule has 1 aromatic heterocycles. The van der Waals surface area contributed by atoms with E-state index in [1.54, 1.807) is 36.8 Å². The van der Waals surface area contributed by atoms with Gasteiger partial charge >= 0.3 is 0 Å². The van der Waals surface area contributed by atoms with Crippen LogP contribution in [0, 0.1) is 11.6 Å². The zero-order valence-electron chi connectivity index (χ0n) is 17.1. The maximum atomic E-state index is 14.8. The third kappa shape index (κ3) is 3.77. The van der Waals surface area contributed by atoms with Gasteiger partial charge in [-0.25, -0.2) is 13.8 Å². The molecule has 1 saturated heterocycles. The highest BCUT2D eigenvalue weighted by atomic mass is 19.1. The molecule has 2 aliphatic rings. The van der Waals surface area contributed by atoms with E-state index < -0.39 is 17.6 Å². The van der Waals surface area contributed by atoms with Crippen molar-refractivity contribution in [3.05, 3.63) is 72.2 Å². The first-order valence-electron chi connectivity index (χ1n) is 10.3. The van der Waals surface area contributed by atoms with Crippen molar-refractivity contribution in [2.24, 2.45) is 4.99 Å². The molecule has 0 aliphatic carbocycles. The van der Waals surface area contributed by atoms with Gasteiger partial charge in [-0.1, -0.05) is 6.07 Å². The molecule has 1 N–H and O–H groups in total. The molecule has 1 unspecified atom stereocenters. The van der Waals surface area contributed by atoms with Crippen LogP contribution in [0.2, 0.25) is 0 Å². The number of hydrogen-bond donors (Lipinski definition) is 1. The number of halogens is 2. The molecule has 1 amide bonds. The first-order valence-corrected chi connectivity index (χ1v) is 10.3. The molecule has 32 heavy (non-hydrogen) atoms. The molecule has 1 atom stereocenters. The smallest absolute Gasteiger partial charge is 0.237 e. The second kappa shape index (κ2) is 8.33. The van der Waals surface area contributed by atoms with Crippen LogP contribution in [0.1, 0.15) is 11.5 Å². The molecule has 1 fully saturated rings. The number of hydrogen-bond acceptors (Lipinski definition) is 6. The summed E-state index contributed by atoms with van der Waals surface area (Å²) in [6.45, 7) is 2.71. The summed E-state index contributed by atoms with van der Waals surface area (Å²) in [7, 11) is 0. The number of fused-ring (bicyclic) bond motifs is 1. The first kappa shape index (κ1) is 20.0. The van der Waals surface area contributed by atoms with Crippen LogP contribution in [0.3, 0.4) is 0 Å². The Balaban J connectivity index is 1.28. The molecule has 5 rings (SSSR count). The highest BCUT2D eigenvalue weighted by Crippen LogP contribution is 2.34. The number of nitrogens with zero attached hydrogens (tertiary/aromatic N) is 5. The van der Waals surface area contributed by atoms with E-state index in [1.165, 1.54) is 24.4 Å². The molecular weight excluding hydrogens is 414 g/mol. The van der Waals surface area contributed by atoms with Crippen molar-refractivity contribution in [2.75, 3.05) is 41.3 Å². The quantitative estimate of drug-likeness (QED) is 0.636. The number of amides is 1. The zero-order valence-corrected chi connectivity index (χ0v) is 17.1. The fourth-order valence-electron chi connectivity index (χ4n) is 4.07. The van der Waals surface area contributed by atoms with Crippen LogP contribution in [0.5, 0.6) is 0 Å². The maximum Gasteiger partial charge on any atom is 0.237 e. The number of aromatic nitrogens is 2. The summed E-state index contributed by atoms with van der Waals surface area (Å²) >= 11 is 0. The standard InChI is InChI=1S/C23H20F2N6O/c24-17-2-1-3-19-22(17)16(23(32)29-19)13-28-15-4-5-20(18(25)12-15)30-8-10-31(11-9-30)21-14-26-6-7-27-21/h1-7,12-14,16H,8-11H2,(H,29,32). The van der Waals surface area contributed by atoms with Gasteiger partial charge in [0.05, 0.1) is 17.6 Å². The first-order chi connectivity index (χ1) is 15.6. The average Bonchev–Trinajstić information content (AvgIpc) is 3.15. The van der Waals surface area contributed by atoms with Gasteiger partial charge in [0, 0.05) is 62.1 Å². The van der Waals surface area contributed by atoms with Crippen molar-refractivity contribution >= 4 is 35.0 Å². The Morgan fingerprint density at radius 1 is 1.03 bits per heavy atom. The van der Waals surface area contributed by atoms with E-state index in [0.717, 1.165) is 5.82 Å². The molecule has 7 nitrogen and oxygen atoms in total. The van der Waals surface area contributed by atoms with Crippen LogP contribution in [0.25, 0.3) is 0 Å². The number of benzene rings is 2. The number of carbonyl (C=O) groups is 1. The van der Waals surface area contributed by atoms with Crippen molar-refractivity contribution in [1.29, 1.82) is 0 Å². The Hall–Kier alpha value is -3.88. The Labute approximate surface area is 183 Å². The Morgan fingerprint density at radius 2 is 1.84 bits per heavy atom. The molecule has 3 heterocycles. The normalized spacial score (nSPS) is 18.2. The van der Waals surface area contributed by atoms with Crippen LogP contribution in [0.15, 0.2) is 60.0 Å². The summed E-state index contributed by atoms with van der Waals surface area (Å²) in [6.07, 6.45) is 6.37. The summed E-state index contributed by atoms with van der Waals surface area (Å²) in [4.78, 5) is 28.9. The predicted octanol–water partition coefficient (Wildman–Crippen LogP) is 3.52. The second-order valence-corrected chi connectivity index (χ2v) is 7.62. The molecule has 9 heteroatoms. The molecule has 0 bridgehead atoms. The van der Waals surface area contributed by atoms with Gasteiger partial charge in [-0.05, 0) is 24.3 Å². The molecule has 2 aromatic carbocycles. The summed E-state index contributed by atoms with van der Waals surface area (Å²) in [6, 6.07) is 9.19. The minimum atomic E-state index is -0.844. The van der Waals surface area contributed by atoms with Crippen LogP contribution >= 0.6 is 0 Å². The highest BCUT2D eigenvalue weighted by Gasteiger charge is 2.32. The average molecular weight is 434 g/mol. The fraction of sp³-hybridized carbons (Fsp3) is 0.217. The predicted molar refractivity (Wildman–Crippen MR) is 119 cm³/mol. The van der Waals surface area contributed by atoms with Gasteiger partial charge < -0.3 is 15.1 Å². The van der Waals surface area contributed by atoms with E-state index in [9.17, 15) is 13.6 Å². The molecule has 0 spiro atoms. The molecular formula is C23H20F2N6O. The molecule has 0 radical (unpaired) electrons. The third-order valence-corrected chi connectivity index (χ3v) is 5.70. The number of anilines is 3. The molecule has 162 valence electrons. The minimum Gasteiger partial charge on any atom is -0.366 e. The summed E-state index contributed by atoms with van der Waals surface area (Å²) in [5.74, 6) is -1.25. The molecule has 2 aliphatic heterocycles. The van der Waals surface area contributed by atoms with Crippen LogP contribution < -0.4 is 15.1 Å². The lowest BCUT2D eigenvalue weighted by Crippen LogP contribution is -2.47. The van der Waals surface area contributed by atoms with Crippen LogP contribution in [-0.4, -0.2) is 48.3 Å². The lowest BCUT2D eigenvalue weighted by atomic mass is 10.0. The van der Waals surface area contributed by atoms with E-state index in [0.29, 0.717) is 43.2 Å². The number of carbonyl (C=O) groups excluding carboxylic acids is 1. The van der Waals surface area contributed by atoms with Crippen molar-refractivity contribution in [2.45, 2.75) is 5.92 Å². The minimum absolute atomic E-state index is 0.263. The molecule has 0 saturated carbocycles. The highest BCUT2D eigenvalue weighted by molar-refractivity contribution is 6.12. The zero-order chi connectivity index (χ0) is 22.1. The summed E-state index contributed by atoms with van der Waals surface area (Å²) < 4.78 is 29.0. The van der Waals surface area contributed by atoms with Crippen molar-refractivity contribution in [3.8, 4) is 0 Å². The van der Waals surface area contributed by atoms with Crippen LogP contribution in [0.4, 0.5) is 31.7 Å². The summed E-state index contributed by atoms with van der Waals surface area (Å²) in [5, 5.41) is 2.64. The van der Waals surface area contributed by atoms with Crippen molar-refractivity contribution in [3.63, 3.8) is 0 Å². The topological polar surface area (TPSA) is 73.7 Å². The lowest BCUT2D eigenvalue weighted by molar-refractivity contribution is -0.115. The summed E-state index contributed by atoms with van der Waals surface area (Å²) in [5.41, 5.74) is 1.56. The monoisotopic (exact) mass is 434 g/mol. The maximum absolute atomic E-state index is 14.8. The number of piperazine rings is 1. The number of rotatable bonds is 4. The number of aliphatic imine (C=N–C) groups is 1. The van der Waals surface area contributed by atoms with E-state index in [-0.39, 0.29) is 11.5 Å². The van der Waals surface area contributed by atoms with Gasteiger partial charge in [-0.3, -0.25) is 14.8 Å². The van der Waals surface area contributed by atoms with Crippen LogP contribution in [-0.2, 0) is 4.79 Å². The Kier molecular flexibility index (Phi) is 5.22. The third-order valence-electron chi connectivity index (χ3n) is 5.70. The molecule has 3 aromatic rings. The van der Waals surface area contributed by atoms with Crippen molar-refractivity contribution in [1.82, 2.24) is 9.97 Å². The van der Waals surface area contributed by atoms with Gasteiger partial charge in [-0.2, -0.15) is 0 Å². The Morgan fingerprint density at radius 3 is 2.59 bits per heavy atom. The SMILES string of the molecule is O=C1Nc2cccc(F)c2C1C=Nc1ccc(N2CCN(c3cnccn3)CC2)c(F)c1. The fourth-order valence-corrected chi connectivity index (χ4v) is 4.07. The van der Waals surface area contributed by atoms with Gasteiger partial charge in [0.15, 0.2) is 0 Å². The van der Waals surface area contributed by atoms with Gasteiger partial charge in [-0.15, -0.1) is 0 Å². The second-order valence-electron chi connectivity index (χ2n) is 7.62. The van der Waals surface area contributed by atoms with Gasteiger partial charge in [0.25, 0.3) is 0 Å². The van der Waals surface area contributed by atoms with E-state index in [2.05, 4.69) is 25.2 Å². The van der Waals surface area contributed by atoms with Crippen molar-refractivity contribution < 1.29 is 13.6 Å². The van der Waals surface area contributed by atoms with E-state index in [1.807, 2.05) is 4.90 Å². The number of nitrogens with one attached hydrogen (secondary N) is 1. The largest absolute Gasteiger partial charge is 0.366 e. The van der Waals surface area contributed by atoms with E-state index in [4.69, 9.17) is 0 Å². The van der Waals surface area contributed by atoms with Gasteiger partial charge in [0.1, 0.15) is 23.4 Å². The lowest BCUT2D eigenvalue weighted by Gasteiger charge is -2.36. The Bertz CT molecular complexity index is 1180. The van der Waals surface area contributed by atoms with E-state index >= 15 is 0 Å².